The Hall–Kier alpha value is -5.74. The van der Waals surface area contributed by atoms with Gasteiger partial charge in [0.25, 0.3) is 0 Å². The molecule has 0 N–H and O–H groups in total. The molecular formula is C42H36N4. The Morgan fingerprint density at radius 2 is 0.935 bits per heavy atom. The van der Waals surface area contributed by atoms with Gasteiger partial charge in [-0.3, -0.25) is 9.97 Å². The number of hydrogen-bond acceptors (Lipinski definition) is 3. The fraction of sp³-hybridized carbons (Fsp3) is 0.0952. The molecule has 46 heavy (non-hydrogen) atoms. The van der Waals surface area contributed by atoms with E-state index < -0.39 is 0 Å². The minimum Gasteiger partial charge on any atom is -0.364 e. The van der Waals surface area contributed by atoms with Crippen LogP contribution >= 0.6 is 0 Å². The first kappa shape index (κ1) is 29.0. The Morgan fingerprint density at radius 1 is 0.522 bits per heavy atom. The summed E-state index contributed by atoms with van der Waals surface area (Å²) in [5.41, 5.74) is 12.3. The van der Waals surface area contributed by atoms with Crippen LogP contribution in [0.2, 0.25) is 0 Å². The number of aromatic nitrogens is 3. The van der Waals surface area contributed by atoms with Gasteiger partial charge in [-0.25, -0.2) is 0 Å². The Labute approximate surface area is 270 Å². The van der Waals surface area contributed by atoms with Gasteiger partial charge < -0.3 is 9.47 Å². The molecule has 0 aliphatic heterocycles. The van der Waals surface area contributed by atoms with Gasteiger partial charge in [-0.2, -0.15) is 0 Å². The van der Waals surface area contributed by atoms with Gasteiger partial charge in [-0.05, 0) is 82.6 Å². The summed E-state index contributed by atoms with van der Waals surface area (Å²) in [5.74, 6) is 0. The first-order valence-electron chi connectivity index (χ1n) is 15.7. The third kappa shape index (κ3) is 5.98. The summed E-state index contributed by atoms with van der Waals surface area (Å²) in [6.45, 7) is 9.37. The third-order valence-electron chi connectivity index (χ3n) is 8.62. The van der Waals surface area contributed by atoms with Crippen LogP contribution in [0.25, 0.3) is 38.6 Å². The van der Waals surface area contributed by atoms with E-state index in [9.17, 15) is 0 Å². The molecule has 7 aromatic rings. The highest BCUT2D eigenvalue weighted by molar-refractivity contribution is 6.08. The van der Waals surface area contributed by atoms with Crippen LogP contribution < -0.4 is 4.90 Å². The minimum absolute atomic E-state index is 0.808. The second-order valence-corrected chi connectivity index (χ2v) is 11.7. The van der Waals surface area contributed by atoms with Crippen LogP contribution in [-0.2, 0) is 12.8 Å². The van der Waals surface area contributed by atoms with Crippen molar-refractivity contribution in [2.24, 2.45) is 0 Å². The van der Waals surface area contributed by atoms with Crippen molar-refractivity contribution in [1.29, 1.82) is 0 Å². The van der Waals surface area contributed by atoms with Crippen molar-refractivity contribution < 1.29 is 0 Å². The van der Waals surface area contributed by atoms with Crippen molar-refractivity contribution in [2.75, 3.05) is 18.0 Å². The van der Waals surface area contributed by atoms with Gasteiger partial charge in [0.1, 0.15) is 0 Å². The van der Waals surface area contributed by atoms with Gasteiger partial charge in [0.2, 0.25) is 0 Å². The molecule has 0 atom stereocenters. The van der Waals surface area contributed by atoms with Gasteiger partial charge in [0.15, 0.2) is 0 Å². The van der Waals surface area contributed by atoms with Crippen molar-refractivity contribution >= 4 is 27.5 Å². The van der Waals surface area contributed by atoms with Gasteiger partial charge in [0.05, 0.1) is 11.0 Å². The Balaban J connectivity index is 1.01. The largest absolute Gasteiger partial charge is 0.364 e. The standard InChI is InChI=1S/C42H36N4/c1-3-25-45(26-4-2)37-17-9-33(10-18-37)27-31-5-13-35(14-6-31)36-15-7-32(8-16-36)28-34-11-19-38(20-12-34)46-41-21-23-43-29-39(41)40-30-44-24-22-42(40)46/h3-24,29-30H,1-2,25-28H2. The van der Waals surface area contributed by atoms with Gasteiger partial charge in [-0.1, -0.05) is 84.9 Å². The van der Waals surface area contributed by atoms with Gasteiger partial charge in [0, 0.05) is 60.0 Å². The fourth-order valence-electron chi connectivity index (χ4n) is 6.27. The first-order chi connectivity index (χ1) is 22.7. The van der Waals surface area contributed by atoms with Crippen molar-refractivity contribution in [3.8, 4) is 16.8 Å². The molecule has 3 aromatic heterocycles. The van der Waals surface area contributed by atoms with Crippen molar-refractivity contribution in [3.63, 3.8) is 0 Å². The van der Waals surface area contributed by atoms with Crippen molar-refractivity contribution in [2.45, 2.75) is 12.8 Å². The summed E-state index contributed by atoms with van der Waals surface area (Å²) >= 11 is 0. The molecule has 0 aliphatic rings. The average Bonchev–Trinajstić information content (AvgIpc) is 3.44. The molecule has 0 saturated carbocycles. The highest BCUT2D eigenvalue weighted by Crippen LogP contribution is 2.31. The lowest BCUT2D eigenvalue weighted by atomic mass is 9.98. The molecular weight excluding hydrogens is 560 g/mol. The summed E-state index contributed by atoms with van der Waals surface area (Å²) in [6.07, 6.45) is 13.2. The summed E-state index contributed by atoms with van der Waals surface area (Å²) in [7, 11) is 0. The zero-order valence-corrected chi connectivity index (χ0v) is 25.9. The van der Waals surface area contributed by atoms with Crippen LogP contribution in [0, 0.1) is 0 Å². The molecule has 0 aliphatic carbocycles. The summed E-state index contributed by atoms with van der Waals surface area (Å²) in [4.78, 5) is 10.9. The third-order valence-corrected chi connectivity index (χ3v) is 8.62. The molecule has 4 heteroatoms. The lowest BCUT2D eigenvalue weighted by Gasteiger charge is -2.21. The maximum atomic E-state index is 4.34. The van der Waals surface area contributed by atoms with Crippen LogP contribution in [0.4, 0.5) is 5.69 Å². The second kappa shape index (κ2) is 13.1. The molecule has 0 saturated heterocycles. The summed E-state index contributed by atoms with van der Waals surface area (Å²) < 4.78 is 2.29. The van der Waals surface area contributed by atoms with E-state index in [2.05, 4.69) is 142 Å². The van der Waals surface area contributed by atoms with E-state index in [0.717, 1.165) is 53.4 Å². The smallest absolute Gasteiger partial charge is 0.0572 e. The number of hydrogen-bond donors (Lipinski definition) is 0. The number of pyridine rings is 2. The first-order valence-corrected chi connectivity index (χ1v) is 15.7. The van der Waals surface area contributed by atoms with Crippen LogP contribution in [0.5, 0.6) is 0 Å². The second-order valence-electron chi connectivity index (χ2n) is 11.7. The Kier molecular flexibility index (Phi) is 8.25. The van der Waals surface area contributed by atoms with E-state index in [-0.39, 0.29) is 0 Å². The minimum atomic E-state index is 0.808. The normalized spacial score (nSPS) is 11.1. The maximum absolute atomic E-state index is 4.34. The molecule has 0 bridgehead atoms. The number of benzene rings is 4. The lowest BCUT2D eigenvalue weighted by Crippen LogP contribution is -2.22. The molecule has 0 spiro atoms. The predicted octanol–water partition coefficient (Wildman–Crippen LogP) is 9.60. The van der Waals surface area contributed by atoms with E-state index in [0.29, 0.717) is 0 Å². The molecule has 0 amide bonds. The van der Waals surface area contributed by atoms with Crippen molar-refractivity contribution in [3.05, 3.63) is 182 Å². The zero-order chi connectivity index (χ0) is 31.3. The van der Waals surface area contributed by atoms with Crippen molar-refractivity contribution in [1.82, 2.24) is 14.5 Å². The highest BCUT2D eigenvalue weighted by atomic mass is 15.1. The van der Waals surface area contributed by atoms with Crippen LogP contribution in [0.15, 0.2) is 159 Å². The van der Waals surface area contributed by atoms with E-state index >= 15 is 0 Å². The number of rotatable bonds is 11. The summed E-state index contributed by atoms with van der Waals surface area (Å²) in [5, 5.41) is 2.23. The van der Waals surface area contributed by atoms with Crippen LogP contribution in [0.3, 0.4) is 0 Å². The van der Waals surface area contributed by atoms with E-state index in [1.165, 1.54) is 39.1 Å². The Bertz CT molecular complexity index is 2040. The van der Waals surface area contributed by atoms with E-state index in [4.69, 9.17) is 0 Å². The Morgan fingerprint density at radius 3 is 1.37 bits per heavy atom. The molecule has 0 unspecified atom stereocenters. The van der Waals surface area contributed by atoms with Crippen LogP contribution in [0.1, 0.15) is 22.3 Å². The predicted molar refractivity (Wildman–Crippen MR) is 193 cm³/mol. The number of fused-ring (bicyclic) bond motifs is 3. The highest BCUT2D eigenvalue weighted by Gasteiger charge is 2.12. The molecule has 3 heterocycles. The zero-order valence-electron chi connectivity index (χ0n) is 25.9. The lowest BCUT2D eigenvalue weighted by molar-refractivity contribution is 0.955. The SMILES string of the molecule is C=CCN(CC=C)c1ccc(Cc2ccc(-c3ccc(Cc4ccc(-n5c6ccncc6c6cnccc65)cc4)cc3)cc2)cc1. The fourth-order valence-corrected chi connectivity index (χ4v) is 6.27. The molecule has 7 rings (SSSR count). The van der Waals surface area contributed by atoms with Crippen LogP contribution in [-0.4, -0.2) is 27.6 Å². The van der Waals surface area contributed by atoms with E-state index in [1.54, 1.807) is 0 Å². The molecule has 0 radical (unpaired) electrons. The molecule has 0 fully saturated rings. The molecule has 4 nitrogen and oxygen atoms in total. The summed E-state index contributed by atoms with van der Waals surface area (Å²) in [6, 6.07) is 39.7. The number of nitrogens with zero attached hydrogens (tertiary/aromatic N) is 4. The van der Waals surface area contributed by atoms with E-state index in [1.807, 2.05) is 36.9 Å². The number of anilines is 1. The molecule has 224 valence electrons. The molecule has 4 aromatic carbocycles. The maximum Gasteiger partial charge on any atom is 0.0572 e. The average molecular weight is 597 g/mol. The van der Waals surface area contributed by atoms with Gasteiger partial charge in [-0.15, -0.1) is 13.2 Å². The monoisotopic (exact) mass is 596 g/mol. The van der Waals surface area contributed by atoms with Gasteiger partial charge >= 0.3 is 0 Å². The quantitative estimate of drug-likeness (QED) is 0.139. The topological polar surface area (TPSA) is 34.0 Å².